The third kappa shape index (κ3) is 3.18. The summed E-state index contributed by atoms with van der Waals surface area (Å²) in [5.41, 5.74) is 2.51. The number of imide groups is 1. The lowest BCUT2D eigenvalue weighted by Crippen LogP contribution is -2.32. The quantitative estimate of drug-likeness (QED) is 0.323. The summed E-state index contributed by atoms with van der Waals surface area (Å²) in [5.74, 6) is -0.0326. The van der Waals surface area contributed by atoms with Gasteiger partial charge in [-0.05, 0) is 60.9 Å². The normalized spacial score (nSPS) is 25.4. The minimum Gasteiger partial charge on any atom is -0.422 e. The lowest BCUT2D eigenvalue weighted by atomic mass is 9.81. The van der Waals surface area contributed by atoms with Crippen molar-refractivity contribution in [2.75, 3.05) is 4.90 Å². The van der Waals surface area contributed by atoms with Crippen molar-refractivity contribution in [1.82, 2.24) is 0 Å². The maximum atomic E-state index is 13.2. The van der Waals surface area contributed by atoms with E-state index in [1.807, 2.05) is 48.5 Å². The Balaban J connectivity index is 1.27. The van der Waals surface area contributed by atoms with Gasteiger partial charge in [-0.25, -0.2) is 4.79 Å². The highest BCUT2D eigenvalue weighted by Crippen LogP contribution is 2.56. The van der Waals surface area contributed by atoms with Gasteiger partial charge in [0.05, 0.1) is 23.1 Å². The molecule has 6 rings (SSSR count). The molecule has 5 heteroatoms. The number of nitrogens with zero attached hydrogens (tertiary/aromatic N) is 1. The maximum absolute atomic E-state index is 13.2. The number of para-hydroxylation sites is 1. The van der Waals surface area contributed by atoms with Crippen LogP contribution in [0, 0.1) is 23.7 Å². The van der Waals surface area contributed by atoms with E-state index < -0.39 is 5.97 Å². The van der Waals surface area contributed by atoms with Crippen molar-refractivity contribution in [3.63, 3.8) is 0 Å². The van der Waals surface area contributed by atoms with E-state index in [2.05, 4.69) is 0 Å². The van der Waals surface area contributed by atoms with E-state index in [-0.39, 0.29) is 23.7 Å². The van der Waals surface area contributed by atoms with Crippen LogP contribution >= 0.6 is 0 Å². The van der Waals surface area contributed by atoms with E-state index in [0.29, 0.717) is 28.8 Å². The Hall–Kier alpha value is -3.73. The number of anilines is 1. The third-order valence-electron chi connectivity index (χ3n) is 7.44. The molecule has 0 N–H and O–H groups in total. The Bertz CT molecular complexity index is 1240. The average molecular weight is 437 g/mol. The minimum absolute atomic E-state index is 0.114. The Morgan fingerprint density at radius 2 is 1.45 bits per heavy atom. The fourth-order valence-corrected chi connectivity index (χ4v) is 6.01. The van der Waals surface area contributed by atoms with Crippen molar-refractivity contribution >= 4 is 23.5 Å². The Morgan fingerprint density at radius 3 is 2.18 bits per heavy atom. The van der Waals surface area contributed by atoms with Gasteiger partial charge in [0.15, 0.2) is 0 Å². The van der Waals surface area contributed by atoms with Gasteiger partial charge < -0.3 is 4.74 Å². The van der Waals surface area contributed by atoms with E-state index in [4.69, 9.17) is 4.74 Å². The molecule has 1 heterocycles. The molecular weight excluding hydrogens is 414 g/mol. The summed E-state index contributed by atoms with van der Waals surface area (Å²) in [7, 11) is 0. The van der Waals surface area contributed by atoms with Crippen LogP contribution in [-0.2, 0) is 9.59 Å². The second-order valence-electron chi connectivity index (χ2n) is 9.20. The predicted octanol–water partition coefficient (Wildman–Crippen LogP) is 5.11. The first-order valence-electron chi connectivity index (χ1n) is 11.5. The van der Waals surface area contributed by atoms with Gasteiger partial charge in [0.25, 0.3) is 0 Å². The molecule has 5 nitrogen and oxygen atoms in total. The fourth-order valence-electron chi connectivity index (χ4n) is 6.01. The second-order valence-corrected chi connectivity index (χ2v) is 9.20. The number of esters is 1. The first-order chi connectivity index (χ1) is 16.1. The van der Waals surface area contributed by atoms with Gasteiger partial charge in [-0.3, -0.25) is 14.5 Å². The van der Waals surface area contributed by atoms with Crippen LogP contribution < -0.4 is 9.64 Å². The van der Waals surface area contributed by atoms with Crippen LogP contribution in [0.25, 0.3) is 11.1 Å². The molecule has 3 fully saturated rings. The molecule has 3 aromatic carbocycles. The summed E-state index contributed by atoms with van der Waals surface area (Å²) < 4.78 is 5.75. The minimum atomic E-state index is -0.528. The first kappa shape index (κ1) is 19.9. The van der Waals surface area contributed by atoms with E-state index in [0.717, 1.165) is 30.4 Å². The smallest absolute Gasteiger partial charge is 0.343 e. The van der Waals surface area contributed by atoms with E-state index in [1.54, 1.807) is 30.3 Å². The Morgan fingerprint density at radius 1 is 0.788 bits per heavy atom. The summed E-state index contributed by atoms with van der Waals surface area (Å²) in [6, 6.07) is 23.7. The average Bonchev–Trinajstić information content (AvgIpc) is 3.53. The third-order valence-corrected chi connectivity index (χ3v) is 7.44. The molecule has 2 saturated carbocycles. The molecule has 2 bridgehead atoms. The molecule has 0 spiro atoms. The molecule has 0 unspecified atom stereocenters. The summed E-state index contributed by atoms with van der Waals surface area (Å²) >= 11 is 0. The molecular formula is C28H23NO4. The van der Waals surface area contributed by atoms with Gasteiger partial charge in [-0.15, -0.1) is 0 Å². The zero-order valence-electron chi connectivity index (χ0n) is 18.0. The van der Waals surface area contributed by atoms with E-state index >= 15 is 0 Å². The first-order valence-corrected chi connectivity index (χ1v) is 11.5. The van der Waals surface area contributed by atoms with Gasteiger partial charge in [0.2, 0.25) is 11.8 Å². The number of rotatable bonds is 4. The second kappa shape index (κ2) is 7.69. The molecule has 3 aliphatic rings. The monoisotopic (exact) mass is 437 g/mol. The number of benzene rings is 3. The molecule has 4 atom stereocenters. The van der Waals surface area contributed by atoms with Crippen molar-refractivity contribution < 1.29 is 19.1 Å². The van der Waals surface area contributed by atoms with E-state index in [9.17, 15) is 14.4 Å². The highest BCUT2D eigenvalue weighted by atomic mass is 16.5. The predicted molar refractivity (Wildman–Crippen MR) is 124 cm³/mol. The number of hydrogen-bond acceptors (Lipinski definition) is 4. The van der Waals surface area contributed by atoms with Crippen LogP contribution in [0.2, 0.25) is 0 Å². The Kier molecular flexibility index (Phi) is 4.64. The van der Waals surface area contributed by atoms with E-state index in [1.165, 1.54) is 4.90 Å². The number of hydrogen-bond donors (Lipinski definition) is 0. The fraction of sp³-hybridized carbons (Fsp3) is 0.250. The van der Waals surface area contributed by atoms with Crippen molar-refractivity contribution in [3.8, 4) is 16.9 Å². The van der Waals surface area contributed by atoms with Gasteiger partial charge >= 0.3 is 5.97 Å². The van der Waals surface area contributed by atoms with Crippen molar-refractivity contribution in [1.29, 1.82) is 0 Å². The Labute approximate surface area is 192 Å². The molecule has 1 saturated heterocycles. The molecule has 164 valence electrons. The lowest BCUT2D eigenvalue weighted by molar-refractivity contribution is -0.123. The standard InChI is InChI=1S/C28H23NO4/c30-26-24-18-13-14-19(15-18)25(24)27(31)29(26)21-10-6-9-20(16-21)28(32)33-23-12-5-4-11-22(23)17-7-2-1-3-8-17/h1-12,16,18-19,24-25H,13-15H2/t18-,19-,24-,25+/m0/s1. The van der Waals surface area contributed by atoms with Crippen LogP contribution in [0.5, 0.6) is 5.75 Å². The molecule has 33 heavy (non-hydrogen) atoms. The van der Waals surface area contributed by atoms with Crippen LogP contribution in [0.15, 0.2) is 78.9 Å². The van der Waals surface area contributed by atoms with Crippen LogP contribution in [0.3, 0.4) is 0 Å². The number of fused-ring (bicyclic) bond motifs is 5. The number of ether oxygens (including phenoxy) is 1. The lowest BCUT2D eigenvalue weighted by Gasteiger charge is -2.19. The van der Waals surface area contributed by atoms with Gasteiger partial charge in [-0.2, -0.15) is 0 Å². The molecule has 0 radical (unpaired) electrons. The van der Waals surface area contributed by atoms with Crippen molar-refractivity contribution in [2.24, 2.45) is 23.7 Å². The summed E-state index contributed by atoms with van der Waals surface area (Å²) in [4.78, 5) is 40.6. The summed E-state index contributed by atoms with van der Waals surface area (Å²) in [6.45, 7) is 0. The molecule has 3 aromatic rings. The molecule has 2 amide bonds. The molecule has 0 aromatic heterocycles. The van der Waals surface area contributed by atoms with Crippen molar-refractivity contribution in [3.05, 3.63) is 84.4 Å². The van der Waals surface area contributed by atoms with Crippen LogP contribution in [-0.4, -0.2) is 17.8 Å². The number of carbonyl (C=O) groups is 3. The van der Waals surface area contributed by atoms with Gasteiger partial charge in [-0.1, -0.05) is 54.6 Å². The zero-order chi connectivity index (χ0) is 22.5. The summed E-state index contributed by atoms with van der Waals surface area (Å²) in [6.07, 6.45) is 3.06. The largest absolute Gasteiger partial charge is 0.422 e. The van der Waals surface area contributed by atoms with Crippen molar-refractivity contribution in [2.45, 2.75) is 19.3 Å². The number of carbonyl (C=O) groups excluding carboxylic acids is 3. The zero-order valence-corrected chi connectivity index (χ0v) is 18.0. The van der Waals surface area contributed by atoms with Gasteiger partial charge in [0.1, 0.15) is 5.75 Å². The molecule has 2 aliphatic carbocycles. The van der Waals surface area contributed by atoms with Gasteiger partial charge in [0, 0.05) is 5.56 Å². The highest BCUT2D eigenvalue weighted by molar-refractivity contribution is 6.22. The topological polar surface area (TPSA) is 63.7 Å². The number of amides is 2. The molecule has 1 aliphatic heterocycles. The summed E-state index contributed by atoms with van der Waals surface area (Å²) in [5, 5.41) is 0. The van der Waals surface area contributed by atoms with Crippen LogP contribution in [0.1, 0.15) is 29.6 Å². The highest BCUT2D eigenvalue weighted by Gasteiger charge is 2.61. The SMILES string of the molecule is O=C(Oc1ccccc1-c1ccccc1)c1cccc(N2C(=O)[C@@H]3[C@H]4CC[C@@H](C4)[C@@H]3C2=O)c1. The maximum Gasteiger partial charge on any atom is 0.343 e. The van der Waals surface area contributed by atoms with Crippen LogP contribution in [0.4, 0.5) is 5.69 Å².